The van der Waals surface area contributed by atoms with Crippen LogP contribution in [0.5, 0.6) is 0 Å². The van der Waals surface area contributed by atoms with Crippen LogP contribution in [0.15, 0.2) is 45.7 Å². The van der Waals surface area contributed by atoms with E-state index in [0.717, 1.165) is 25.1 Å². The van der Waals surface area contributed by atoms with E-state index in [9.17, 15) is 4.79 Å². The molecule has 0 aliphatic carbocycles. The first kappa shape index (κ1) is 12.9. The third kappa shape index (κ3) is 2.30. The number of nitrogens with zero attached hydrogens (tertiary/aromatic N) is 3. The van der Waals surface area contributed by atoms with Crippen molar-refractivity contribution in [2.45, 2.75) is 25.4 Å². The molecule has 0 bridgehead atoms. The minimum absolute atomic E-state index is 0.0838. The largest absolute Gasteiger partial charge is 0.461 e. The van der Waals surface area contributed by atoms with E-state index < -0.39 is 0 Å². The fourth-order valence-electron chi connectivity index (χ4n) is 2.67. The first-order valence-corrected chi connectivity index (χ1v) is 7.12. The Hall–Kier alpha value is -2.83. The molecule has 112 valence electrons. The minimum atomic E-state index is -0.237. The van der Waals surface area contributed by atoms with Crippen molar-refractivity contribution in [3.05, 3.63) is 48.1 Å². The van der Waals surface area contributed by atoms with Crippen LogP contribution in [0.1, 0.15) is 22.6 Å². The van der Waals surface area contributed by atoms with Gasteiger partial charge in [-0.2, -0.15) is 5.10 Å². The number of rotatable bonds is 3. The molecule has 7 nitrogen and oxygen atoms in total. The van der Waals surface area contributed by atoms with Gasteiger partial charge in [0.25, 0.3) is 5.91 Å². The van der Waals surface area contributed by atoms with Gasteiger partial charge >= 0.3 is 0 Å². The number of hydrogen-bond donors (Lipinski definition) is 1. The van der Waals surface area contributed by atoms with Crippen molar-refractivity contribution < 1.29 is 13.7 Å². The zero-order valence-corrected chi connectivity index (χ0v) is 11.7. The molecule has 1 N–H and O–H groups in total. The SMILES string of the molecule is O=C(N[C@@H]1CCn2nccc2C1)c1cc(-c2ccco2)on1. The summed E-state index contributed by atoms with van der Waals surface area (Å²) in [6.07, 6.45) is 4.95. The second-order valence-corrected chi connectivity index (χ2v) is 5.26. The van der Waals surface area contributed by atoms with Crippen molar-refractivity contribution in [3.63, 3.8) is 0 Å². The number of aryl methyl sites for hydroxylation is 1. The van der Waals surface area contributed by atoms with Gasteiger partial charge in [0, 0.05) is 37.0 Å². The van der Waals surface area contributed by atoms with Crippen molar-refractivity contribution >= 4 is 5.91 Å². The normalized spacial score (nSPS) is 17.2. The number of carbonyl (C=O) groups is 1. The van der Waals surface area contributed by atoms with Crippen LogP contribution >= 0.6 is 0 Å². The molecule has 1 aliphatic heterocycles. The monoisotopic (exact) mass is 298 g/mol. The Balaban J connectivity index is 1.45. The van der Waals surface area contributed by atoms with E-state index in [1.807, 2.05) is 10.7 Å². The molecular weight excluding hydrogens is 284 g/mol. The van der Waals surface area contributed by atoms with Crippen molar-refractivity contribution in [2.24, 2.45) is 0 Å². The second kappa shape index (κ2) is 5.18. The van der Waals surface area contributed by atoms with Crippen molar-refractivity contribution in [2.75, 3.05) is 0 Å². The lowest BCUT2D eigenvalue weighted by Crippen LogP contribution is -2.40. The topological polar surface area (TPSA) is 86.1 Å². The third-order valence-corrected chi connectivity index (χ3v) is 3.79. The van der Waals surface area contributed by atoms with Gasteiger partial charge in [0.15, 0.2) is 11.5 Å². The quantitative estimate of drug-likeness (QED) is 0.797. The Labute approximate surface area is 125 Å². The summed E-state index contributed by atoms with van der Waals surface area (Å²) in [5.74, 6) is 0.754. The highest BCUT2D eigenvalue weighted by Crippen LogP contribution is 2.21. The maximum atomic E-state index is 12.3. The zero-order chi connectivity index (χ0) is 14.9. The van der Waals surface area contributed by atoms with Crippen LogP contribution in [0.4, 0.5) is 0 Å². The summed E-state index contributed by atoms with van der Waals surface area (Å²) in [6, 6.07) is 7.15. The van der Waals surface area contributed by atoms with Gasteiger partial charge in [-0.25, -0.2) is 0 Å². The van der Waals surface area contributed by atoms with Gasteiger partial charge in [0.05, 0.1) is 6.26 Å². The fourth-order valence-corrected chi connectivity index (χ4v) is 2.67. The Morgan fingerprint density at radius 3 is 3.18 bits per heavy atom. The van der Waals surface area contributed by atoms with Crippen LogP contribution in [-0.4, -0.2) is 26.9 Å². The molecule has 0 unspecified atom stereocenters. The van der Waals surface area contributed by atoms with Crippen LogP contribution in [0.3, 0.4) is 0 Å². The van der Waals surface area contributed by atoms with Gasteiger partial charge in [0.2, 0.25) is 5.76 Å². The van der Waals surface area contributed by atoms with E-state index in [-0.39, 0.29) is 17.6 Å². The van der Waals surface area contributed by atoms with Crippen molar-refractivity contribution in [1.82, 2.24) is 20.3 Å². The molecule has 0 saturated carbocycles. The zero-order valence-electron chi connectivity index (χ0n) is 11.7. The number of hydrogen-bond acceptors (Lipinski definition) is 5. The first-order chi connectivity index (χ1) is 10.8. The van der Waals surface area contributed by atoms with Crippen LogP contribution in [0.2, 0.25) is 0 Å². The maximum Gasteiger partial charge on any atom is 0.273 e. The van der Waals surface area contributed by atoms with E-state index in [0.29, 0.717) is 11.5 Å². The molecule has 4 heterocycles. The van der Waals surface area contributed by atoms with E-state index in [1.165, 1.54) is 0 Å². The first-order valence-electron chi connectivity index (χ1n) is 7.12. The average molecular weight is 298 g/mol. The molecule has 1 atom stereocenters. The number of carbonyl (C=O) groups excluding carboxylic acids is 1. The summed E-state index contributed by atoms with van der Waals surface area (Å²) in [5.41, 5.74) is 1.39. The van der Waals surface area contributed by atoms with E-state index >= 15 is 0 Å². The smallest absolute Gasteiger partial charge is 0.273 e. The predicted octanol–water partition coefficient (Wildman–Crippen LogP) is 1.88. The number of fused-ring (bicyclic) bond motifs is 1. The molecule has 1 amide bonds. The fraction of sp³-hybridized carbons (Fsp3) is 0.267. The molecule has 1 aliphatic rings. The summed E-state index contributed by atoms with van der Waals surface area (Å²) in [7, 11) is 0. The lowest BCUT2D eigenvalue weighted by molar-refractivity contribution is 0.0921. The molecule has 22 heavy (non-hydrogen) atoms. The van der Waals surface area contributed by atoms with E-state index in [4.69, 9.17) is 8.94 Å². The molecule has 0 spiro atoms. The van der Waals surface area contributed by atoms with Crippen molar-refractivity contribution in [3.8, 4) is 11.5 Å². The highest BCUT2D eigenvalue weighted by Gasteiger charge is 2.23. The van der Waals surface area contributed by atoms with Gasteiger partial charge in [-0.1, -0.05) is 5.16 Å². The summed E-state index contributed by atoms with van der Waals surface area (Å²) in [4.78, 5) is 12.3. The molecular formula is C15H14N4O3. The molecule has 3 aromatic heterocycles. The highest BCUT2D eigenvalue weighted by molar-refractivity contribution is 5.93. The third-order valence-electron chi connectivity index (χ3n) is 3.79. The van der Waals surface area contributed by atoms with Crippen LogP contribution in [0.25, 0.3) is 11.5 Å². The summed E-state index contributed by atoms with van der Waals surface area (Å²) >= 11 is 0. The molecule has 7 heteroatoms. The Morgan fingerprint density at radius 2 is 2.32 bits per heavy atom. The molecule has 3 aromatic rings. The predicted molar refractivity (Wildman–Crippen MR) is 76.0 cm³/mol. The van der Waals surface area contributed by atoms with Gasteiger partial charge in [0.1, 0.15) is 0 Å². The number of amides is 1. The van der Waals surface area contributed by atoms with Crippen LogP contribution < -0.4 is 5.32 Å². The summed E-state index contributed by atoms with van der Waals surface area (Å²) < 4.78 is 12.3. The van der Waals surface area contributed by atoms with E-state index in [2.05, 4.69) is 15.6 Å². The number of nitrogens with one attached hydrogen (secondary N) is 1. The summed E-state index contributed by atoms with van der Waals surface area (Å²) in [6.45, 7) is 0.809. The molecule has 4 rings (SSSR count). The Morgan fingerprint density at radius 1 is 1.36 bits per heavy atom. The van der Waals surface area contributed by atoms with Gasteiger partial charge in [-0.3, -0.25) is 9.48 Å². The molecule has 0 fully saturated rings. The highest BCUT2D eigenvalue weighted by atomic mass is 16.5. The van der Waals surface area contributed by atoms with Gasteiger partial charge in [-0.05, 0) is 24.6 Å². The van der Waals surface area contributed by atoms with Crippen LogP contribution in [-0.2, 0) is 13.0 Å². The summed E-state index contributed by atoms with van der Waals surface area (Å²) in [5, 5.41) is 11.0. The molecule has 0 aromatic carbocycles. The van der Waals surface area contributed by atoms with Crippen LogP contribution in [0, 0.1) is 0 Å². The number of aromatic nitrogens is 3. The lowest BCUT2D eigenvalue weighted by Gasteiger charge is -2.23. The Bertz CT molecular complexity index is 787. The standard InChI is InChI=1S/C15H14N4O3/c20-15(12-9-14(22-18-12)13-2-1-7-21-13)17-10-4-6-19-11(8-10)3-5-16-19/h1-3,5,7,9-10H,4,6,8H2,(H,17,20)/t10-/m1/s1. The number of furan rings is 1. The minimum Gasteiger partial charge on any atom is -0.461 e. The van der Waals surface area contributed by atoms with Gasteiger partial charge in [-0.15, -0.1) is 0 Å². The van der Waals surface area contributed by atoms with E-state index in [1.54, 1.807) is 30.7 Å². The maximum absolute atomic E-state index is 12.3. The molecule has 0 saturated heterocycles. The lowest BCUT2D eigenvalue weighted by atomic mass is 10.0. The second-order valence-electron chi connectivity index (χ2n) is 5.26. The van der Waals surface area contributed by atoms with Gasteiger partial charge < -0.3 is 14.3 Å². The van der Waals surface area contributed by atoms with Crippen molar-refractivity contribution in [1.29, 1.82) is 0 Å². The Kier molecular flexibility index (Phi) is 3.03. The molecule has 0 radical (unpaired) electrons. The average Bonchev–Trinajstić information content (AvgIpc) is 3.26.